The van der Waals surface area contributed by atoms with Gasteiger partial charge in [0.05, 0.1) is 28.0 Å². The van der Waals surface area contributed by atoms with Crippen LogP contribution in [0, 0.1) is 0 Å². The average Bonchev–Trinajstić information content (AvgIpc) is 3.10. The van der Waals surface area contributed by atoms with Crippen LogP contribution in [0.15, 0.2) is 36.5 Å². The minimum Gasteiger partial charge on any atom is -0.376 e. The Hall–Kier alpha value is -1.82. The lowest BCUT2D eigenvalue weighted by atomic mass is 10.2. The molecule has 1 unspecified atom stereocenters. The van der Waals surface area contributed by atoms with Crippen LogP contribution in [0.1, 0.15) is 23.2 Å². The molecule has 24 heavy (non-hydrogen) atoms. The molecular weight excluding hydrogens is 349 g/mol. The van der Waals surface area contributed by atoms with Crippen molar-refractivity contribution in [2.75, 3.05) is 23.8 Å². The minimum absolute atomic E-state index is 0.251. The zero-order chi connectivity index (χ0) is 16.9. The van der Waals surface area contributed by atoms with Gasteiger partial charge in [0.1, 0.15) is 5.82 Å². The van der Waals surface area contributed by atoms with Crippen LogP contribution in [0.4, 0.5) is 11.5 Å². The summed E-state index contributed by atoms with van der Waals surface area (Å²) in [4.78, 5) is 16.5. The van der Waals surface area contributed by atoms with Gasteiger partial charge >= 0.3 is 0 Å². The average molecular weight is 366 g/mol. The Morgan fingerprint density at radius 2 is 2.12 bits per heavy atom. The quantitative estimate of drug-likeness (QED) is 0.831. The third kappa shape index (κ3) is 4.38. The first-order chi connectivity index (χ1) is 11.6. The third-order valence-electron chi connectivity index (χ3n) is 3.74. The number of ether oxygens (including phenoxy) is 1. The Balaban J connectivity index is 1.56. The highest BCUT2D eigenvalue weighted by Crippen LogP contribution is 2.23. The largest absolute Gasteiger partial charge is 0.376 e. The molecule has 1 fully saturated rings. The van der Waals surface area contributed by atoms with Gasteiger partial charge in [0, 0.05) is 18.7 Å². The normalized spacial score (nSPS) is 16.8. The number of nitrogens with one attached hydrogen (secondary N) is 2. The van der Waals surface area contributed by atoms with Gasteiger partial charge in [0.25, 0.3) is 5.91 Å². The fourth-order valence-corrected chi connectivity index (χ4v) is 2.73. The second kappa shape index (κ2) is 7.83. The van der Waals surface area contributed by atoms with Crippen LogP contribution in [-0.4, -0.2) is 30.1 Å². The van der Waals surface area contributed by atoms with E-state index >= 15 is 0 Å². The summed E-state index contributed by atoms with van der Waals surface area (Å²) in [5.41, 5.74) is 1.04. The van der Waals surface area contributed by atoms with E-state index in [-0.39, 0.29) is 12.0 Å². The van der Waals surface area contributed by atoms with Crippen LogP contribution in [0.2, 0.25) is 10.0 Å². The number of hydrogen-bond acceptors (Lipinski definition) is 4. The van der Waals surface area contributed by atoms with Crippen LogP contribution >= 0.6 is 23.2 Å². The Morgan fingerprint density at radius 3 is 2.79 bits per heavy atom. The van der Waals surface area contributed by atoms with Crippen LogP contribution in [0.3, 0.4) is 0 Å². The molecule has 0 spiro atoms. The van der Waals surface area contributed by atoms with Gasteiger partial charge in [0.2, 0.25) is 0 Å². The van der Waals surface area contributed by atoms with E-state index in [4.69, 9.17) is 27.9 Å². The molecule has 0 radical (unpaired) electrons. The zero-order valence-corrected chi connectivity index (χ0v) is 14.4. The first-order valence-electron chi connectivity index (χ1n) is 7.70. The van der Waals surface area contributed by atoms with E-state index in [1.807, 2.05) is 6.07 Å². The summed E-state index contributed by atoms with van der Waals surface area (Å²) in [6.45, 7) is 1.57. The first-order valence-corrected chi connectivity index (χ1v) is 8.45. The highest BCUT2D eigenvalue weighted by Gasteiger charge is 2.15. The van der Waals surface area contributed by atoms with E-state index < -0.39 is 0 Å². The zero-order valence-electron chi connectivity index (χ0n) is 12.9. The molecule has 0 bridgehead atoms. The maximum atomic E-state index is 12.2. The molecule has 1 saturated heterocycles. The summed E-state index contributed by atoms with van der Waals surface area (Å²) in [6.07, 6.45) is 4.04. The van der Waals surface area contributed by atoms with Crippen molar-refractivity contribution >= 4 is 40.6 Å². The van der Waals surface area contributed by atoms with Crippen molar-refractivity contribution < 1.29 is 9.53 Å². The van der Waals surface area contributed by atoms with E-state index in [1.54, 1.807) is 24.4 Å². The van der Waals surface area contributed by atoms with Gasteiger partial charge in [-0.1, -0.05) is 23.2 Å². The second-order valence-electron chi connectivity index (χ2n) is 5.53. The van der Waals surface area contributed by atoms with E-state index in [1.165, 1.54) is 6.07 Å². The molecule has 5 nitrogen and oxygen atoms in total. The first kappa shape index (κ1) is 17.0. The lowest BCUT2D eigenvalue weighted by Crippen LogP contribution is -2.19. The molecule has 2 heterocycles. The maximum Gasteiger partial charge on any atom is 0.255 e. The van der Waals surface area contributed by atoms with E-state index in [2.05, 4.69) is 15.6 Å². The van der Waals surface area contributed by atoms with Crippen LogP contribution < -0.4 is 10.6 Å². The molecule has 126 valence electrons. The number of amides is 1. The molecule has 7 heteroatoms. The SMILES string of the molecule is O=C(Nc1ccc(NCC2CCCO2)nc1)c1ccc(Cl)c(Cl)c1. The Morgan fingerprint density at radius 1 is 1.25 bits per heavy atom. The van der Waals surface area contributed by atoms with Gasteiger partial charge in [-0.2, -0.15) is 0 Å². The Labute approximate surface area is 150 Å². The van der Waals surface area contributed by atoms with Gasteiger partial charge < -0.3 is 15.4 Å². The van der Waals surface area contributed by atoms with Crippen molar-refractivity contribution in [2.24, 2.45) is 0 Å². The number of benzene rings is 1. The van der Waals surface area contributed by atoms with Gasteiger partial charge in [-0.05, 0) is 43.2 Å². The minimum atomic E-state index is -0.268. The van der Waals surface area contributed by atoms with E-state index in [9.17, 15) is 4.79 Å². The summed E-state index contributed by atoms with van der Waals surface area (Å²) in [5, 5.41) is 6.76. The van der Waals surface area contributed by atoms with Crippen LogP contribution in [0.25, 0.3) is 0 Å². The van der Waals surface area contributed by atoms with Crippen LogP contribution in [0.5, 0.6) is 0 Å². The standard InChI is InChI=1S/C17H17Cl2N3O2/c18-14-5-3-11(8-15(14)19)17(23)22-12-4-6-16(20-9-12)21-10-13-2-1-7-24-13/h3-6,8-9,13H,1-2,7,10H2,(H,20,21)(H,22,23). The Bertz CT molecular complexity index is 716. The number of carbonyl (C=O) groups is 1. The predicted molar refractivity (Wildman–Crippen MR) is 96.1 cm³/mol. The second-order valence-corrected chi connectivity index (χ2v) is 6.35. The summed E-state index contributed by atoms with van der Waals surface area (Å²) in [6, 6.07) is 8.35. The molecule has 3 rings (SSSR count). The van der Waals surface area contributed by atoms with E-state index in [0.29, 0.717) is 21.3 Å². The van der Waals surface area contributed by atoms with E-state index in [0.717, 1.165) is 31.8 Å². The fraction of sp³-hybridized carbons (Fsp3) is 0.294. The van der Waals surface area contributed by atoms with Gasteiger partial charge in [0.15, 0.2) is 0 Å². The number of carbonyl (C=O) groups excluding carboxylic acids is 1. The maximum absolute atomic E-state index is 12.2. The molecule has 1 aromatic heterocycles. The number of pyridine rings is 1. The molecule has 1 amide bonds. The lowest BCUT2D eigenvalue weighted by Gasteiger charge is -2.11. The highest BCUT2D eigenvalue weighted by molar-refractivity contribution is 6.42. The number of anilines is 2. The van der Waals surface area contributed by atoms with Crippen molar-refractivity contribution in [1.82, 2.24) is 4.98 Å². The molecule has 2 N–H and O–H groups in total. The molecule has 0 saturated carbocycles. The monoisotopic (exact) mass is 365 g/mol. The molecule has 1 atom stereocenters. The number of rotatable bonds is 5. The smallest absolute Gasteiger partial charge is 0.255 e. The van der Waals surface area contributed by atoms with Crippen molar-refractivity contribution in [2.45, 2.75) is 18.9 Å². The Kier molecular flexibility index (Phi) is 5.56. The molecule has 0 aliphatic carbocycles. The van der Waals surface area contributed by atoms with Crippen molar-refractivity contribution in [3.05, 3.63) is 52.1 Å². The molecule has 1 aromatic carbocycles. The fourth-order valence-electron chi connectivity index (χ4n) is 2.44. The van der Waals surface area contributed by atoms with Crippen molar-refractivity contribution in [3.63, 3.8) is 0 Å². The summed E-state index contributed by atoms with van der Waals surface area (Å²) < 4.78 is 5.55. The van der Waals surface area contributed by atoms with Gasteiger partial charge in [-0.25, -0.2) is 4.98 Å². The van der Waals surface area contributed by atoms with Crippen molar-refractivity contribution in [1.29, 1.82) is 0 Å². The number of nitrogens with zero attached hydrogens (tertiary/aromatic N) is 1. The highest BCUT2D eigenvalue weighted by atomic mass is 35.5. The van der Waals surface area contributed by atoms with Crippen LogP contribution in [-0.2, 0) is 4.74 Å². The number of aromatic nitrogens is 1. The number of halogens is 2. The molecule has 2 aromatic rings. The summed E-state index contributed by atoms with van der Waals surface area (Å²) in [7, 11) is 0. The molecular formula is C17H17Cl2N3O2. The topological polar surface area (TPSA) is 63.2 Å². The van der Waals surface area contributed by atoms with Crippen molar-refractivity contribution in [3.8, 4) is 0 Å². The molecule has 1 aliphatic heterocycles. The van der Waals surface area contributed by atoms with Gasteiger partial charge in [-0.3, -0.25) is 4.79 Å². The third-order valence-corrected chi connectivity index (χ3v) is 4.48. The predicted octanol–water partition coefficient (Wildman–Crippen LogP) is 4.23. The summed E-state index contributed by atoms with van der Waals surface area (Å²) >= 11 is 11.8. The number of hydrogen-bond donors (Lipinski definition) is 2. The summed E-state index contributed by atoms with van der Waals surface area (Å²) in [5.74, 6) is 0.480. The van der Waals surface area contributed by atoms with Gasteiger partial charge in [-0.15, -0.1) is 0 Å². The lowest BCUT2D eigenvalue weighted by molar-refractivity contribution is 0.102. The molecule has 1 aliphatic rings.